The van der Waals surface area contributed by atoms with Crippen molar-refractivity contribution in [2.45, 2.75) is 23.2 Å². The molecule has 0 heterocycles. The SMILES string of the molecule is CC[CH]=[Sn]([CH3])[CH3]. The van der Waals surface area contributed by atoms with Crippen LogP contribution >= 0.6 is 0 Å². The Morgan fingerprint density at radius 1 is 1.50 bits per heavy atom. The van der Waals surface area contributed by atoms with E-state index >= 15 is 0 Å². The second kappa shape index (κ2) is 3.85. The third kappa shape index (κ3) is 4.67. The molecule has 0 aromatic carbocycles. The first-order valence-electron chi connectivity index (χ1n) is 2.40. The molecule has 0 atom stereocenters. The maximum atomic E-state index is 2.49. The quantitative estimate of drug-likeness (QED) is 0.551. The number of rotatable bonds is 1. The summed E-state index contributed by atoms with van der Waals surface area (Å²) < 4.78 is 2.49. The molecule has 0 aliphatic rings. The van der Waals surface area contributed by atoms with Crippen molar-refractivity contribution in [3.05, 3.63) is 0 Å². The summed E-state index contributed by atoms with van der Waals surface area (Å²) in [5.41, 5.74) is 0. The molecule has 0 unspecified atom stereocenters. The molecule has 0 N–H and O–H groups in total. The second-order valence-corrected chi connectivity index (χ2v) is 9.00. The Balaban J connectivity index is 3.14. The molecular formula is C5H12Sn. The molecule has 0 spiro atoms. The van der Waals surface area contributed by atoms with E-state index in [9.17, 15) is 0 Å². The van der Waals surface area contributed by atoms with Crippen molar-refractivity contribution in [2.75, 3.05) is 0 Å². The van der Waals surface area contributed by atoms with Gasteiger partial charge in [-0.15, -0.1) is 0 Å². The van der Waals surface area contributed by atoms with E-state index in [0.29, 0.717) is 0 Å². The van der Waals surface area contributed by atoms with Gasteiger partial charge in [-0.05, 0) is 0 Å². The number of hydrogen-bond donors (Lipinski definition) is 0. The fraction of sp³-hybridized carbons (Fsp3) is 0.800. The van der Waals surface area contributed by atoms with E-state index in [1.54, 1.807) is 0 Å². The van der Waals surface area contributed by atoms with Crippen molar-refractivity contribution < 1.29 is 0 Å². The van der Waals surface area contributed by atoms with Crippen molar-refractivity contribution in [1.29, 1.82) is 0 Å². The van der Waals surface area contributed by atoms with Crippen molar-refractivity contribution in [2.24, 2.45) is 0 Å². The third-order valence-electron chi connectivity index (χ3n) is 0.612. The van der Waals surface area contributed by atoms with Crippen molar-refractivity contribution >= 4 is 23.3 Å². The molecule has 0 nitrogen and oxygen atoms in total. The first-order chi connectivity index (χ1) is 2.77. The van der Waals surface area contributed by atoms with Gasteiger partial charge in [0.15, 0.2) is 0 Å². The molecule has 0 saturated carbocycles. The fourth-order valence-electron chi connectivity index (χ4n) is 0.408. The van der Waals surface area contributed by atoms with Crippen LogP contribution in [0.25, 0.3) is 0 Å². The van der Waals surface area contributed by atoms with Gasteiger partial charge in [-0.3, -0.25) is 0 Å². The second-order valence-electron chi connectivity index (χ2n) is 1.69. The van der Waals surface area contributed by atoms with Crippen molar-refractivity contribution in [1.82, 2.24) is 0 Å². The predicted octanol–water partition coefficient (Wildman–Crippen LogP) is 1.53. The van der Waals surface area contributed by atoms with E-state index in [-0.39, 0.29) is 0 Å². The average molecular weight is 191 g/mol. The minimum atomic E-state index is -0.740. The Hall–Kier alpha value is 0.669. The van der Waals surface area contributed by atoms with Crippen LogP contribution in [0.3, 0.4) is 0 Å². The minimum absolute atomic E-state index is 0.740. The van der Waals surface area contributed by atoms with Crippen LogP contribution in [0.15, 0.2) is 0 Å². The summed E-state index contributed by atoms with van der Waals surface area (Å²) in [7, 11) is 0. The summed E-state index contributed by atoms with van der Waals surface area (Å²) in [5, 5.41) is 0. The molecule has 6 heavy (non-hydrogen) atoms. The summed E-state index contributed by atoms with van der Waals surface area (Å²) in [6.07, 6.45) is 1.29. The van der Waals surface area contributed by atoms with Crippen LogP contribution in [0, 0.1) is 0 Å². The standard InChI is InChI=1S/C3H6.2CH3.Sn/c1-3-2;;;/h1H,3H2,2H3;2*1H3;. The summed E-state index contributed by atoms with van der Waals surface area (Å²) in [6.45, 7) is 2.22. The average Bonchev–Trinajstić information content (AvgIpc) is 1.35. The molecule has 0 rings (SSSR count). The molecule has 0 aromatic rings. The van der Waals surface area contributed by atoms with Crippen LogP contribution in [0.4, 0.5) is 0 Å². The Morgan fingerprint density at radius 2 is 2.00 bits per heavy atom. The molecule has 0 aliphatic carbocycles. The van der Waals surface area contributed by atoms with Gasteiger partial charge >= 0.3 is 46.5 Å². The van der Waals surface area contributed by atoms with Crippen LogP contribution in [0.5, 0.6) is 0 Å². The van der Waals surface area contributed by atoms with Crippen LogP contribution in [-0.4, -0.2) is 23.3 Å². The summed E-state index contributed by atoms with van der Waals surface area (Å²) in [5.74, 6) is 0. The molecule has 0 aromatic heterocycles. The molecule has 0 fully saturated rings. The first kappa shape index (κ1) is 6.67. The summed E-state index contributed by atoms with van der Waals surface area (Å²) >= 11 is -0.740. The molecule has 1 heteroatoms. The Labute approximate surface area is 46.8 Å². The zero-order chi connectivity index (χ0) is 4.99. The predicted molar refractivity (Wildman–Crippen MR) is 33.8 cm³/mol. The van der Waals surface area contributed by atoms with E-state index in [1.165, 1.54) is 6.42 Å². The van der Waals surface area contributed by atoms with E-state index < -0.39 is 19.3 Å². The van der Waals surface area contributed by atoms with Crippen LogP contribution < -0.4 is 0 Å². The molecular weight excluding hydrogens is 179 g/mol. The van der Waals surface area contributed by atoms with Gasteiger partial charge in [-0.25, -0.2) is 0 Å². The van der Waals surface area contributed by atoms with Crippen LogP contribution in [0.1, 0.15) is 13.3 Å². The molecule has 0 saturated heterocycles. The van der Waals surface area contributed by atoms with Gasteiger partial charge in [-0.1, -0.05) is 0 Å². The third-order valence-corrected chi connectivity index (χ3v) is 4.11. The van der Waals surface area contributed by atoms with E-state index in [2.05, 4.69) is 20.8 Å². The van der Waals surface area contributed by atoms with Gasteiger partial charge in [0, 0.05) is 0 Å². The Kier molecular flexibility index (Phi) is 4.27. The van der Waals surface area contributed by atoms with Gasteiger partial charge in [-0.2, -0.15) is 0 Å². The zero-order valence-electron chi connectivity index (χ0n) is 4.78. The van der Waals surface area contributed by atoms with Gasteiger partial charge in [0.1, 0.15) is 0 Å². The van der Waals surface area contributed by atoms with Crippen molar-refractivity contribution in [3.63, 3.8) is 0 Å². The van der Waals surface area contributed by atoms with Crippen molar-refractivity contribution in [3.8, 4) is 0 Å². The van der Waals surface area contributed by atoms with E-state index in [4.69, 9.17) is 0 Å². The Bertz CT molecular complexity index is 51.0. The maximum absolute atomic E-state index is 2.49. The molecule has 36 valence electrons. The summed E-state index contributed by atoms with van der Waals surface area (Å²) in [6, 6.07) is 0. The fourth-order valence-corrected chi connectivity index (χ4v) is 2.74. The van der Waals surface area contributed by atoms with Gasteiger partial charge in [0.2, 0.25) is 0 Å². The molecule has 0 amide bonds. The monoisotopic (exact) mass is 192 g/mol. The number of hydrogen-bond acceptors (Lipinski definition) is 0. The molecule has 0 radical (unpaired) electrons. The van der Waals surface area contributed by atoms with Crippen LogP contribution in [-0.2, 0) is 0 Å². The normalized spacial score (nSPS) is 7.83. The van der Waals surface area contributed by atoms with Gasteiger partial charge in [0.25, 0.3) is 0 Å². The zero-order valence-corrected chi connectivity index (χ0v) is 7.64. The van der Waals surface area contributed by atoms with E-state index in [1.807, 2.05) is 0 Å². The topological polar surface area (TPSA) is 0 Å². The van der Waals surface area contributed by atoms with Gasteiger partial charge < -0.3 is 0 Å². The molecule has 0 aliphatic heterocycles. The summed E-state index contributed by atoms with van der Waals surface area (Å²) in [4.78, 5) is 4.79. The molecule has 0 bridgehead atoms. The van der Waals surface area contributed by atoms with Crippen LogP contribution in [0.2, 0.25) is 9.88 Å². The Morgan fingerprint density at radius 3 is 2.00 bits per heavy atom. The van der Waals surface area contributed by atoms with Gasteiger partial charge in [0.05, 0.1) is 0 Å². The van der Waals surface area contributed by atoms with E-state index in [0.717, 1.165) is 0 Å². The first-order valence-corrected chi connectivity index (χ1v) is 9.76.